The van der Waals surface area contributed by atoms with E-state index in [1.54, 1.807) is 33.7 Å². The number of likely N-dealkylation sites (N-methyl/N-ethyl adjacent to an activating group) is 1. The summed E-state index contributed by atoms with van der Waals surface area (Å²) in [7, 11) is 0. The van der Waals surface area contributed by atoms with Crippen LogP contribution >= 0.6 is 0 Å². The summed E-state index contributed by atoms with van der Waals surface area (Å²) >= 11 is 0. The van der Waals surface area contributed by atoms with Crippen LogP contribution in [0.3, 0.4) is 0 Å². The molecule has 1 fully saturated rings. The molecule has 0 saturated carbocycles. The van der Waals surface area contributed by atoms with Crippen molar-refractivity contribution in [3.05, 3.63) is 54.0 Å². The highest BCUT2D eigenvalue weighted by atomic mass is 16.3. The Balaban J connectivity index is 1.61. The first-order chi connectivity index (χ1) is 14.0. The molecule has 29 heavy (non-hydrogen) atoms. The van der Waals surface area contributed by atoms with Crippen molar-refractivity contribution in [3.63, 3.8) is 0 Å². The number of hydrogen-bond acceptors (Lipinski definition) is 5. The van der Waals surface area contributed by atoms with E-state index in [0.29, 0.717) is 25.3 Å². The van der Waals surface area contributed by atoms with Crippen molar-refractivity contribution in [2.45, 2.75) is 6.92 Å². The molecule has 0 atom stereocenters. The van der Waals surface area contributed by atoms with Crippen molar-refractivity contribution >= 4 is 17.5 Å². The van der Waals surface area contributed by atoms with Crippen molar-refractivity contribution in [2.24, 2.45) is 0 Å². The Hall–Kier alpha value is -3.86. The molecule has 3 aromatic rings. The van der Waals surface area contributed by atoms with Crippen LogP contribution in [-0.2, 0) is 4.79 Å². The van der Waals surface area contributed by atoms with Crippen molar-refractivity contribution in [1.82, 2.24) is 19.2 Å². The van der Waals surface area contributed by atoms with Gasteiger partial charge in [-0.25, -0.2) is 4.98 Å². The van der Waals surface area contributed by atoms with Gasteiger partial charge in [0.05, 0.1) is 5.56 Å². The molecule has 8 nitrogen and oxygen atoms in total. The smallest absolute Gasteiger partial charge is 0.274 e. The Labute approximate surface area is 167 Å². The molecule has 2 amide bonds. The lowest BCUT2D eigenvalue weighted by Gasteiger charge is -2.33. The maximum Gasteiger partial charge on any atom is 0.274 e. The third-order valence-corrected chi connectivity index (χ3v) is 5.11. The largest absolute Gasteiger partial charge is 0.507 e. The van der Waals surface area contributed by atoms with Gasteiger partial charge in [0.15, 0.2) is 0 Å². The predicted octanol–water partition coefficient (Wildman–Crippen LogP) is 1.88. The lowest BCUT2D eigenvalue weighted by molar-refractivity contribution is -0.134. The SMILES string of the molecule is CCN1CCN(C(=O)c2cn3cc(-c4ccc(O)c(C#N)c4)ccc3n2)CC1=O. The molecule has 2 aromatic heterocycles. The zero-order valence-corrected chi connectivity index (χ0v) is 15.9. The number of aromatic nitrogens is 2. The average Bonchev–Trinajstić information content (AvgIpc) is 3.16. The highest BCUT2D eigenvalue weighted by Gasteiger charge is 2.28. The number of carbonyl (C=O) groups excluding carboxylic acids is 2. The Morgan fingerprint density at radius 2 is 2.00 bits per heavy atom. The minimum atomic E-state index is -0.268. The highest BCUT2D eigenvalue weighted by Crippen LogP contribution is 2.26. The van der Waals surface area contributed by atoms with Gasteiger partial charge in [0.2, 0.25) is 5.91 Å². The van der Waals surface area contributed by atoms with Gasteiger partial charge in [-0.3, -0.25) is 9.59 Å². The molecule has 0 aliphatic carbocycles. The van der Waals surface area contributed by atoms with Gasteiger partial charge >= 0.3 is 0 Å². The van der Waals surface area contributed by atoms with E-state index in [9.17, 15) is 14.7 Å². The third kappa shape index (κ3) is 3.38. The van der Waals surface area contributed by atoms with E-state index >= 15 is 0 Å². The second-order valence-electron chi connectivity index (χ2n) is 6.85. The fourth-order valence-electron chi connectivity index (χ4n) is 3.45. The highest BCUT2D eigenvalue weighted by molar-refractivity contribution is 5.96. The summed E-state index contributed by atoms with van der Waals surface area (Å²) in [6.07, 6.45) is 3.45. The van der Waals surface area contributed by atoms with Crippen LogP contribution in [0, 0.1) is 11.3 Å². The molecule has 0 unspecified atom stereocenters. The molecule has 1 aliphatic heterocycles. The Bertz CT molecular complexity index is 1160. The van der Waals surface area contributed by atoms with Gasteiger partial charge in [-0.1, -0.05) is 6.07 Å². The normalized spacial score (nSPS) is 14.3. The fourth-order valence-corrected chi connectivity index (χ4v) is 3.45. The zero-order chi connectivity index (χ0) is 20.5. The minimum Gasteiger partial charge on any atom is -0.507 e. The number of aromatic hydroxyl groups is 1. The van der Waals surface area contributed by atoms with Gasteiger partial charge in [-0.2, -0.15) is 5.26 Å². The summed E-state index contributed by atoms with van der Waals surface area (Å²) in [6, 6.07) is 10.4. The van der Waals surface area contributed by atoms with E-state index in [-0.39, 0.29) is 35.4 Å². The van der Waals surface area contributed by atoms with Gasteiger partial charge in [0.1, 0.15) is 29.7 Å². The number of benzene rings is 1. The number of phenols is 1. The summed E-state index contributed by atoms with van der Waals surface area (Å²) in [5, 5.41) is 18.8. The minimum absolute atomic E-state index is 0.0567. The first-order valence-electron chi connectivity index (χ1n) is 9.29. The van der Waals surface area contributed by atoms with Crippen molar-refractivity contribution in [2.75, 3.05) is 26.2 Å². The molecule has 0 spiro atoms. The Kier molecular flexibility index (Phi) is 4.64. The number of piperazine rings is 1. The van der Waals surface area contributed by atoms with Gasteiger partial charge in [0, 0.05) is 32.0 Å². The molecule has 0 radical (unpaired) electrons. The second kappa shape index (κ2) is 7.28. The standard InChI is InChI=1S/C21H19N5O3/c1-2-24-7-8-25(13-20(24)28)21(29)17-12-26-11-15(4-6-19(26)23-17)14-3-5-18(27)16(9-14)10-22/h3-6,9,11-12,27H,2,7-8,13H2,1H3. The number of hydrogen-bond donors (Lipinski definition) is 1. The van der Waals surface area contributed by atoms with Crippen LogP contribution in [0.2, 0.25) is 0 Å². The average molecular weight is 389 g/mol. The molecule has 3 heterocycles. The lowest BCUT2D eigenvalue weighted by atomic mass is 10.0. The molecule has 1 saturated heterocycles. The number of nitriles is 1. The van der Waals surface area contributed by atoms with E-state index in [1.165, 1.54) is 11.0 Å². The number of fused-ring (bicyclic) bond motifs is 1. The number of carbonyl (C=O) groups is 2. The molecular formula is C21H19N5O3. The molecule has 0 bridgehead atoms. The van der Waals surface area contributed by atoms with Crippen LogP contribution in [0.15, 0.2) is 42.7 Å². The molecule has 4 rings (SSSR count). The first-order valence-corrected chi connectivity index (χ1v) is 9.29. The van der Waals surface area contributed by atoms with Crippen molar-refractivity contribution < 1.29 is 14.7 Å². The molecule has 8 heteroatoms. The van der Waals surface area contributed by atoms with Crippen LogP contribution in [0.25, 0.3) is 16.8 Å². The maximum absolute atomic E-state index is 12.8. The van der Waals surface area contributed by atoms with Crippen LogP contribution in [0.1, 0.15) is 23.0 Å². The summed E-state index contributed by atoms with van der Waals surface area (Å²) in [5.74, 6) is -0.389. The van der Waals surface area contributed by atoms with Gasteiger partial charge in [-0.15, -0.1) is 0 Å². The maximum atomic E-state index is 12.8. The number of imidazole rings is 1. The summed E-state index contributed by atoms with van der Waals surface area (Å²) < 4.78 is 1.74. The van der Waals surface area contributed by atoms with Crippen molar-refractivity contribution in [3.8, 4) is 22.9 Å². The van der Waals surface area contributed by atoms with Gasteiger partial charge < -0.3 is 19.3 Å². The van der Waals surface area contributed by atoms with Gasteiger partial charge in [-0.05, 0) is 42.3 Å². The molecule has 1 aromatic carbocycles. The Morgan fingerprint density at radius 3 is 2.72 bits per heavy atom. The van der Waals surface area contributed by atoms with Crippen LogP contribution < -0.4 is 0 Å². The summed E-state index contributed by atoms with van der Waals surface area (Å²) in [6.45, 7) is 3.64. The number of nitrogens with zero attached hydrogens (tertiary/aromatic N) is 5. The topological polar surface area (TPSA) is 102 Å². The molecule has 1 N–H and O–H groups in total. The second-order valence-corrected chi connectivity index (χ2v) is 6.85. The Morgan fingerprint density at radius 1 is 1.21 bits per heavy atom. The number of phenolic OH excluding ortho intramolecular Hbond substituents is 1. The molecule has 1 aliphatic rings. The molecule has 146 valence electrons. The van der Waals surface area contributed by atoms with Crippen LogP contribution in [0.4, 0.5) is 0 Å². The fraction of sp³-hybridized carbons (Fsp3) is 0.238. The van der Waals surface area contributed by atoms with E-state index in [2.05, 4.69) is 4.98 Å². The quantitative estimate of drug-likeness (QED) is 0.737. The summed E-state index contributed by atoms with van der Waals surface area (Å²) in [5.41, 5.74) is 2.67. The number of pyridine rings is 1. The first kappa shape index (κ1) is 18.5. The monoisotopic (exact) mass is 389 g/mol. The predicted molar refractivity (Wildman–Crippen MR) is 105 cm³/mol. The number of amides is 2. The summed E-state index contributed by atoms with van der Waals surface area (Å²) in [4.78, 5) is 32.5. The van der Waals surface area contributed by atoms with Crippen molar-refractivity contribution in [1.29, 1.82) is 5.26 Å². The number of rotatable bonds is 3. The van der Waals surface area contributed by atoms with Crippen LogP contribution in [0.5, 0.6) is 5.75 Å². The van der Waals surface area contributed by atoms with E-state index in [4.69, 9.17) is 5.26 Å². The van der Waals surface area contributed by atoms with Crippen LogP contribution in [-0.4, -0.2) is 62.3 Å². The van der Waals surface area contributed by atoms with Gasteiger partial charge in [0.25, 0.3) is 5.91 Å². The molecular weight excluding hydrogens is 370 g/mol. The third-order valence-electron chi connectivity index (χ3n) is 5.11. The van der Waals surface area contributed by atoms with E-state index in [1.807, 2.05) is 25.3 Å². The van der Waals surface area contributed by atoms with E-state index < -0.39 is 0 Å². The zero-order valence-electron chi connectivity index (χ0n) is 15.9. The lowest BCUT2D eigenvalue weighted by Crippen LogP contribution is -2.52. The van der Waals surface area contributed by atoms with E-state index in [0.717, 1.165) is 11.1 Å².